The van der Waals surface area contributed by atoms with Gasteiger partial charge < -0.3 is 0 Å². The van der Waals surface area contributed by atoms with Gasteiger partial charge in [0.2, 0.25) is 0 Å². The number of hydrogen-bond acceptors (Lipinski definition) is 2. The minimum absolute atomic E-state index is 0.166. The summed E-state index contributed by atoms with van der Waals surface area (Å²) in [7, 11) is 0. The first kappa shape index (κ1) is 13.8. The Hall–Kier alpha value is -1.23. The average Bonchev–Trinajstić information content (AvgIpc) is 2.25. The van der Waals surface area contributed by atoms with Crippen LogP contribution in [0.2, 0.25) is 0 Å². The van der Waals surface area contributed by atoms with E-state index in [0.29, 0.717) is 0 Å². The van der Waals surface area contributed by atoms with Crippen LogP contribution in [0.1, 0.15) is 28.9 Å². The fraction of sp³-hybridized carbons (Fsp3) is 0.333. The summed E-state index contributed by atoms with van der Waals surface area (Å²) >= 11 is 2.84. The summed E-state index contributed by atoms with van der Waals surface area (Å²) in [5, 5.41) is 8.43. The number of nitriles is 1. The van der Waals surface area contributed by atoms with Crippen LogP contribution in [0.4, 0.5) is 22.0 Å². The maximum absolute atomic E-state index is 12.6. The minimum atomic E-state index is -4.86. The van der Waals surface area contributed by atoms with Crippen LogP contribution in [0.3, 0.4) is 0 Å². The quantitative estimate of drug-likeness (QED) is 0.615. The second-order valence-corrected chi connectivity index (χ2v) is 3.53. The predicted octanol–water partition coefficient (Wildman–Crippen LogP) is 3.80. The van der Waals surface area contributed by atoms with Crippen LogP contribution >= 0.6 is 15.9 Å². The second kappa shape index (κ2) is 4.96. The Morgan fingerprint density at radius 1 is 1.41 bits per heavy atom. The van der Waals surface area contributed by atoms with Crippen molar-refractivity contribution in [3.05, 3.63) is 28.6 Å². The van der Waals surface area contributed by atoms with E-state index in [9.17, 15) is 22.0 Å². The molecule has 0 saturated heterocycles. The summed E-state index contributed by atoms with van der Waals surface area (Å²) in [6, 6.07) is 1.65. The first-order chi connectivity index (χ1) is 7.81. The number of halogens is 6. The molecule has 0 saturated carbocycles. The average molecular weight is 315 g/mol. The molecule has 0 aliphatic heterocycles. The van der Waals surface area contributed by atoms with E-state index in [2.05, 4.69) is 20.9 Å². The summed E-state index contributed by atoms with van der Waals surface area (Å²) in [4.78, 5) is 3.03. The minimum Gasteiger partial charge on any atom is -0.232 e. The molecular formula is C9H4BrF5N2. The van der Waals surface area contributed by atoms with Crippen molar-refractivity contribution in [2.75, 3.05) is 0 Å². The topological polar surface area (TPSA) is 36.7 Å². The predicted molar refractivity (Wildman–Crippen MR) is 51.5 cm³/mol. The molecule has 0 N–H and O–H groups in total. The monoisotopic (exact) mass is 314 g/mol. The zero-order chi connectivity index (χ0) is 13.2. The van der Waals surface area contributed by atoms with Crippen molar-refractivity contribution in [3.8, 4) is 6.07 Å². The Morgan fingerprint density at radius 3 is 2.35 bits per heavy atom. The van der Waals surface area contributed by atoms with Gasteiger partial charge in [0.25, 0.3) is 6.43 Å². The van der Waals surface area contributed by atoms with Crippen molar-refractivity contribution in [2.24, 2.45) is 0 Å². The van der Waals surface area contributed by atoms with Crippen LogP contribution in [-0.2, 0) is 11.5 Å². The third-order valence-electron chi connectivity index (χ3n) is 1.92. The summed E-state index contributed by atoms with van der Waals surface area (Å²) in [5.41, 5.74) is -3.20. The van der Waals surface area contributed by atoms with Gasteiger partial charge in [-0.3, -0.25) is 0 Å². The van der Waals surface area contributed by atoms with Crippen LogP contribution in [-0.4, -0.2) is 4.98 Å². The number of hydrogen-bond donors (Lipinski definition) is 0. The lowest BCUT2D eigenvalue weighted by molar-refractivity contribution is -0.141. The van der Waals surface area contributed by atoms with E-state index < -0.39 is 29.6 Å². The highest BCUT2D eigenvalue weighted by Crippen LogP contribution is 2.33. The maximum Gasteiger partial charge on any atom is 0.433 e. The van der Waals surface area contributed by atoms with Gasteiger partial charge in [-0.25, -0.2) is 13.8 Å². The van der Waals surface area contributed by atoms with Crippen LogP contribution in [0.25, 0.3) is 0 Å². The summed E-state index contributed by atoms with van der Waals surface area (Å²) in [6.07, 6.45) is -7.96. The molecule has 0 bridgehead atoms. The Morgan fingerprint density at radius 2 is 2.00 bits per heavy atom. The molecule has 1 heterocycles. The molecule has 0 atom stereocenters. The zero-order valence-corrected chi connectivity index (χ0v) is 9.61. The van der Waals surface area contributed by atoms with Crippen molar-refractivity contribution >= 4 is 15.9 Å². The SMILES string of the molecule is N#Cc1nc(C(F)(F)F)cc(C(F)F)c1CBr. The molecule has 0 unspecified atom stereocenters. The van der Waals surface area contributed by atoms with Crippen molar-refractivity contribution in [1.29, 1.82) is 5.26 Å². The van der Waals surface area contributed by atoms with E-state index in [4.69, 9.17) is 5.26 Å². The van der Waals surface area contributed by atoms with Gasteiger partial charge in [-0.05, 0) is 6.07 Å². The van der Waals surface area contributed by atoms with Gasteiger partial charge in [-0.15, -0.1) is 0 Å². The van der Waals surface area contributed by atoms with Crippen molar-refractivity contribution in [3.63, 3.8) is 0 Å². The van der Waals surface area contributed by atoms with Crippen LogP contribution in [0, 0.1) is 11.3 Å². The molecule has 0 spiro atoms. The van der Waals surface area contributed by atoms with Gasteiger partial charge in [0.1, 0.15) is 17.5 Å². The lowest BCUT2D eigenvalue weighted by Crippen LogP contribution is -2.12. The molecule has 2 nitrogen and oxygen atoms in total. The van der Waals surface area contributed by atoms with Crippen molar-refractivity contribution < 1.29 is 22.0 Å². The normalized spacial score (nSPS) is 11.6. The summed E-state index contributed by atoms with van der Waals surface area (Å²) in [6.45, 7) is 0. The molecule has 1 aromatic heterocycles. The fourth-order valence-electron chi connectivity index (χ4n) is 1.16. The maximum atomic E-state index is 12.6. The van der Waals surface area contributed by atoms with Crippen molar-refractivity contribution in [2.45, 2.75) is 17.9 Å². The van der Waals surface area contributed by atoms with Crippen LogP contribution < -0.4 is 0 Å². The second-order valence-electron chi connectivity index (χ2n) is 2.97. The molecule has 0 amide bonds. The van der Waals surface area contributed by atoms with E-state index in [1.807, 2.05) is 0 Å². The van der Waals surface area contributed by atoms with E-state index in [1.54, 1.807) is 0 Å². The molecule has 1 aromatic rings. The highest BCUT2D eigenvalue weighted by molar-refractivity contribution is 9.08. The van der Waals surface area contributed by atoms with Gasteiger partial charge in [0.15, 0.2) is 0 Å². The highest BCUT2D eigenvalue weighted by atomic mass is 79.9. The van der Waals surface area contributed by atoms with Gasteiger partial charge in [0.05, 0.1) is 0 Å². The number of rotatable bonds is 2. The molecule has 0 fully saturated rings. The van der Waals surface area contributed by atoms with E-state index in [-0.39, 0.29) is 17.0 Å². The molecule has 0 radical (unpaired) electrons. The third-order valence-corrected chi connectivity index (χ3v) is 2.48. The van der Waals surface area contributed by atoms with Gasteiger partial charge in [0, 0.05) is 16.5 Å². The Labute approximate surface area is 101 Å². The standard InChI is InChI=1S/C9H4BrF5N2/c10-2-5-4(8(11)12)1-7(9(13,14)15)17-6(5)3-16/h1,8H,2H2. The number of aromatic nitrogens is 1. The Bertz CT molecular complexity index is 464. The lowest BCUT2D eigenvalue weighted by atomic mass is 10.1. The first-order valence-electron chi connectivity index (χ1n) is 4.16. The zero-order valence-electron chi connectivity index (χ0n) is 8.02. The number of nitrogens with zero attached hydrogens (tertiary/aromatic N) is 2. The Kier molecular flexibility index (Phi) is 4.03. The highest BCUT2D eigenvalue weighted by Gasteiger charge is 2.35. The molecule has 0 aromatic carbocycles. The van der Waals surface area contributed by atoms with E-state index in [1.165, 1.54) is 6.07 Å². The molecule has 8 heteroatoms. The molecule has 92 valence electrons. The molecule has 1 rings (SSSR count). The number of pyridine rings is 1. The molecular weight excluding hydrogens is 311 g/mol. The molecule has 17 heavy (non-hydrogen) atoms. The lowest BCUT2D eigenvalue weighted by Gasteiger charge is -2.12. The van der Waals surface area contributed by atoms with Gasteiger partial charge >= 0.3 is 6.18 Å². The summed E-state index contributed by atoms with van der Waals surface area (Å²) in [5.74, 6) is 0. The van der Waals surface area contributed by atoms with E-state index in [0.717, 1.165) is 0 Å². The van der Waals surface area contributed by atoms with E-state index >= 15 is 0 Å². The smallest absolute Gasteiger partial charge is 0.232 e. The van der Waals surface area contributed by atoms with Gasteiger partial charge in [-0.1, -0.05) is 15.9 Å². The Balaban J connectivity index is 3.53. The summed E-state index contributed by atoms with van der Waals surface area (Å²) < 4.78 is 62.2. The first-order valence-corrected chi connectivity index (χ1v) is 5.28. The van der Waals surface area contributed by atoms with Crippen LogP contribution in [0.5, 0.6) is 0 Å². The molecule has 0 aliphatic rings. The molecule has 0 aliphatic carbocycles. The third kappa shape index (κ3) is 2.91. The number of alkyl halides is 6. The van der Waals surface area contributed by atoms with Gasteiger partial charge in [-0.2, -0.15) is 18.4 Å². The van der Waals surface area contributed by atoms with Crippen LogP contribution in [0.15, 0.2) is 6.07 Å². The largest absolute Gasteiger partial charge is 0.433 e. The fourth-order valence-corrected chi connectivity index (χ4v) is 1.75. The van der Waals surface area contributed by atoms with Crippen molar-refractivity contribution in [1.82, 2.24) is 4.98 Å².